The monoisotopic (exact) mass is 575 g/mol. The summed E-state index contributed by atoms with van der Waals surface area (Å²) in [7, 11) is 0. The maximum atomic E-state index is 6.20. The Bertz CT molecular complexity index is 2670. The van der Waals surface area contributed by atoms with Crippen molar-refractivity contribution in [2.45, 2.75) is 0 Å². The Morgan fingerprint density at radius 2 is 0.711 bits per heavy atom. The first kappa shape index (κ1) is 24.4. The summed E-state index contributed by atoms with van der Waals surface area (Å²) in [6.45, 7) is 0. The first-order valence-electron chi connectivity index (χ1n) is 15.3. The second-order valence-corrected chi connectivity index (χ2v) is 11.7. The number of rotatable bonds is 3. The van der Waals surface area contributed by atoms with Gasteiger partial charge in [0.15, 0.2) is 0 Å². The highest BCUT2D eigenvalue weighted by atomic mass is 16.3. The molecule has 3 heteroatoms. The molecule has 0 N–H and O–H groups in total. The number of hydrogen-bond donors (Lipinski definition) is 0. The molecule has 0 aliphatic rings. The highest BCUT2D eigenvalue weighted by Crippen LogP contribution is 2.42. The van der Waals surface area contributed by atoms with Gasteiger partial charge < -0.3 is 13.7 Å². The van der Waals surface area contributed by atoms with E-state index in [9.17, 15) is 0 Å². The van der Waals surface area contributed by atoms with Crippen LogP contribution in [-0.4, -0.2) is 0 Å². The lowest BCUT2D eigenvalue weighted by Gasteiger charge is -2.26. The number of hydrogen-bond acceptors (Lipinski definition) is 3. The van der Waals surface area contributed by atoms with Gasteiger partial charge in [0.2, 0.25) is 0 Å². The van der Waals surface area contributed by atoms with E-state index in [-0.39, 0.29) is 0 Å². The van der Waals surface area contributed by atoms with Crippen LogP contribution in [0.1, 0.15) is 0 Å². The second kappa shape index (κ2) is 9.22. The van der Waals surface area contributed by atoms with Gasteiger partial charge in [-0.15, -0.1) is 0 Å². The minimum atomic E-state index is 0.882. The SMILES string of the molecule is c1ccc2c(c1)ccc1c3cc(N(c4ccc5oc6ccccc6c5c4)c4ccc5oc6ccccc6c5c4)ccc3ccc21. The molecular weight excluding hydrogens is 550 g/mol. The zero-order valence-electron chi connectivity index (χ0n) is 24.2. The summed E-state index contributed by atoms with van der Waals surface area (Å²) in [6, 6.07) is 53.9. The first-order valence-corrected chi connectivity index (χ1v) is 15.3. The fourth-order valence-corrected chi connectivity index (χ4v) is 7.10. The molecule has 0 amide bonds. The van der Waals surface area contributed by atoms with Crippen molar-refractivity contribution in [1.82, 2.24) is 0 Å². The van der Waals surface area contributed by atoms with Gasteiger partial charge in [-0.2, -0.15) is 0 Å². The summed E-state index contributed by atoms with van der Waals surface area (Å²) in [5, 5.41) is 11.9. The maximum absolute atomic E-state index is 6.20. The number of fused-ring (bicyclic) bond motifs is 11. The summed E-state index contributed by atoms with van der Waals surface area (Å²) < 4.78 is 12.4. The molecule has 10 rings (SSSR count). The van der Waals surface area contributed by atoms with E-state index >= 15 is 0 Å². The minimum Gasteiger partial charge on any atom is -0.456 e. The van der Waals surface area contributed by atoms with E-state index < -0.39 is 0 Å². The summed E-state index contributed by atoms with van der Waals surface area (Å²) in [5.41, 5.74) is 6.76. The molecule has 0 fully saturated rings. The van der Waals surface area contributed by atoms with Crippen LogP contribution in [0.15, 0.2) is 160 Å². The molecule has 0 radical (unpaired) electrons. The van der Waals surface area contributed by atoms with Crippen molar-refractivity contribution in [3.63, 3.8) is 0 Å². The van der Waals surface area contributed by atoms with E-state index in [0.29, 0.717) is 0 Å². The maximum Gasteiger partial charge on any atom is 0.135 e. The Morgan fingerprint density at radius 1 is 0.289 bits per heavy atom. The Hall–Kier alpha value is -6.06. The number of para-hydroxylation sites is 2. The fourth-order valence-electron chi connectivity index (χ4n) is 7.10. The molecule has 45 heavy (non-hydrogen) atoms. The van der Waals surface area contributed by atoms with E-state index in [0.717, 1.165) is 60.9 Å². The van der Waals surface area contributed by atoms with Crippen molar-refractivity contribution < 1.29 is 8.83 Å². The molecule has 3 nitrogen and oxygen atoms in total. The van der Waals surface area contributed by atoms with Crippen LogP contribution in [0.4, 0.5) is 17.1 Å². The van der Waals surface area contributed by atoms with Crippen LogP contribution in [0.3, 0.4) is 0 Å². The smallest absolute Gasteiger partial charge is 0.135 e. The summed E-state index contributed by atoms with van der Waals surface area (Å²) >= 11 is 0. The van der Waals surface area contributed by atoms with Gasteiger partial charge in [0.1, 0.15) is 22.3 Å². The van der Waals surface area contributed by atoms with Gasteiger partial charge in [0.05, 0.1) is 0 Å². The van der Waals surface area contributed by atoms with Gasteiger partial charge in [-0.3, -0.25) is 0 Å². The molecule has 0 saturated carbocycles. The third kappa shape index (κ3) is 3.65. The van der Waals surface area contributed by atoms with Gasteiger partial charge in [-0.05, 0) is 93.0 Å². The highest BCUT2D eigenvalue weighted by Gasteiger charge is 2.18. The molecule has 0 unspecified atom stereocenters. The molecule has 0 spiro atoms. The predicted octanol–water partition coefficient (Wildman–Crippen LogP) is 12.4. The zero-order valence-corrected chi connectivity index (χ0v) is 24.2. The Labute approximate surface area is 258 Å². The lowest BCUT2D eigenvalue weighted by atomic mass is 9.96. The number of nitrogens with zero attached hydrogens (tertiary/aromatic N) is 1. The van der Waals surface area contributed by atoms with Crippen LogP contribution in [-0.2, 0) is 0 Å². The third-order valence-electron chi connectivity index (χ3n) is 9.22. The summed E-state index contributed by atoms with van der Waals surface area (Å²) in [6.07, 6.45) is 0. The average Bonchev–Trinajstić information content (AvgIpc) is 3.66. The van der Waals surface area contributed by atoms with Gasteiger partial charge >= 0.3 is 0 Å². The van der Waals surface area contributed by atoms with E-state index in [1.807, 2.05) is 24.3 Å². The van der Waals surface area contributed by atoms with Crippen molar-refractivity contribution in [2.24, 2.45) is 0 Å². The van der Waals surface area contributed by atoms with Crippen molar-refractivity contribution in [3.05, 3.63) is 152 Å². The standard InChI is InChI=1S/C42H25NO2/c1-2-8-31-26(7-1)14-20-33-32(31)19-15-27-13-16-28(23-36(27)33)43(29-17-21-41-37(24-29)34-9-3-5-11-39(34)44-41)30-18-22-42-38(25-30)35-10-4-6-12-40(35)45-42/h1-25H. The van der Waals surface area contributed by atoms with Gasteiger partial charge in [-0.25, -0.2) is 0 Å². The largest absolute Gasteiger partial charge is 0.456 e. The molecule has 0 saturated heterocycles. The number of furan rings is 2. The minimum absolute atomic E-state index is 0.882. The van der Waals surface area contributed by atoms with E-state index in [4.69, 9.17) is 8.83 Å². The van der Waals surface area contributed by atoms with E-state index in [1.165, 1.54) is 32.3 Å². The molecule has 2 aromatic heterocycles. The highest BCUT2D eigenvalue weighted by molar-refractivity contribution is 6.18. The average molecular weight is 576 g/mol. The molecule has 2 heterocycles. The van der Waals surface area contributed by atoms with Crippen molar-refractivity contribution in [1.29, 1.82) is 0 Å². The molecule has 0 atom stereocenters. The number of benzene rings is 8. The van der Waals surface area contributed by atoms with Crippen molar-refractivity contribution >= 4 is 93.3 Å². The zero-order chi connectivity index (χ0) is 29.5. The van der Waals surface area contributed by atoms with E-state index in [2.05, 4.69) is 132 Å². The van der Waals surface area contributed by atoms with Crippen molar-refractivity contribution in [2.75, 3.05) is 4.90 Å². The van der Waals surface area contributed by atoms with Gasteiger partial charge in [0, 0.05) is 38.6 Å². The Kier molecular flexibility index (Phi) is 5.00. The summed E-state index contributed by atoms with van der Waals surface area (Å²) in [4.78, 5) is 2.35. The third-order valence-corrected chi connectivity index (χ3v) is 9.22. The molecule has 0 aliphatic carbocycles. The normalized spacial score (nSPS) is 12.0. The lowest BCUT2D eigenvalue weighted by Crippen LogP contribution is -2.09. The number of anilines is 3. The predicted molar refractivity (Wildman–Crippen MR) is 188 cm³/mol. The van der Waals surface area contributed by atoms with Crippen LogP contribution < -0.4 is 4.90 Å². The molecular formula is C42H25NO2. The molecule has 0 bridgehead atoms. The fraction of sp³-hybridized carbons (Fsp3) is 0. The topological polar surface area (TPSA) is 29.5 Å². The van der Waals surface area contributed by atoms with E-state index in [1.54, 1.807) is 0 Å². The molecule has 10 aromatic rings. The Morgan fingerprint density at radius 3 is 1.33 bits per heavy atom. The van der Waals surface area contributed by atoms with Crippen LogP contribution in [0.2, 0.25) is 0 Å². The molecule has 210 valence electrons. The summed E-state index contributed by atoms with van der Waals surface area (Å²) in [5.74, 6) is 0. The van der Waals surface area contributed by atoms with Gasteiger partial charge in [-0.1, -0.05) is 91.0 Å². The second-order valence-electron chi connectivity index (χ2n) is 11.7. The van der Waals surface area contributed by atoms with Crippen molar-refractivity contribution in [3.8, 4) is 0 Å². The van der Waals surface area contributed by atoms with Crippen LogP contribution in [0, 0.1) is 0 Å². The van der Waals surface area contributed by atoms with Crippen LogP contribution in [0.25, 0.3) is 76.2 Å². The lowest BCUT2D eigenvalue weighted by molar-refractivity contribution is 0.668. The van der Waals surface area contributed by atoms with Gasteiger partial charge in [0.25, 0.3) is 0 Å². The Balaban J connectivity index is 1.25. The first-order chi connectivity index (χ1) is 22.3. The quantitative estimate of drug-likeness (QED) is 0.196. The van der Waals surface area contributed by atoms with Crippen LogP contribution >= 0.6 is 0 Å². The van der Waals surface area contributed by atoms with Crippen LogP contribution in [0.5, 0.6) is 0 Å². The molecule has 8 aromatic carbocycles. The molecule has 0 aliphatic heterocycles.